The highest BCUT2D eigenvalue weighted by atomic mass is 16.6. The van der Waals surface area contributed by atoms with E-state index in [1.54, 1.807) is 0 Å². The van der Waals surface area contributed by atoms with Crippen LogP contribution in [-0.4, -0.2) is 37.2 Å². The zero-order chi connectivity index (χ0) is 52.2. The first-order chi connectivity index (χ1) is 35.5. The largest absolute Gasteiger partial charge is 0.462 e. The number of rotatable bonds is 53. The number of carbonyl (C=O) groups excluding carboxylic acids is 3. The molecule has 0 spiro atoms. The summed E-state index contributed by atoms with van der Waals surface area (Å²) >= 11 is 0. The molecule has 6 nitrogen and oxygen atoms in total. The Kier molecular flexibility index (Phi) is 56.4. The van der Waals surface area contributed by atoms with Gasteiger partial charge in [-0.15, -0.1) is 0 Å². The number of hydrogen-bond donors (Lipinski definition) is 0. The number of hydrogen-bond acceptors (Lipinski definition) is 6. The average Bonchev–Trinajstić information content (AvgIpc) is 3.38. The van der Waals surface area contributed by atoms with Gasteiger partial charge in [-0.3, -0.25) is 14.4 Å². The molecule has 0 bridgehead atoms. The predicted molar refractivity (Wildman–Crippen MR) is 311 cm³/mol. The van der Waals surface area contributed by atoms with Gasteiger partial charge < -0.3 is 14.2 Å². The minimum Gasteiger partial charge on any atom is -0.462 e. The molecule has 410 valence electrons. The first-order valence-corrected chi connectivity index (χ1v) is 29.9. The van der Waals surface area contributed by atoms with E-state index >= 15 is 0 Å². The maximum Gasteiger partial charge on any atom is 0.306 e. The fourth-order valence-corrected chi connectivity index (χ4v) is 8.00. The molecule has 0 amide bonds. The van der Waals surface area contributed by atoms with Gasteiger partial charge in [0.15, 0.2) is 6.10 Å². The lowest BCUT2D eigenvalue weighted by Crippen LogP contribution is -2.30. The van der Waals surface area contributed by atoms with Crippen LogP contribution in [0.1, 0.15) is 271 Å². The van der Waals surface area contributed by atoms with Gasteiger partial charge in [-0.1, -0.05) is 233 Å². The van der Waals surface area contributed by atoms with Gasteiger partial charge in [-0.2, -0.15) is 0 Å². The van der Waals surface area contributed by atoms with Crippen molar-refractivity contribution < 1.29 is 28.6 Å². The summed E-state index contributed by atoms with van der Waals surface area (Å²) in [6.07, 6.45) is 80.8. The maximum absolute atomic E-state index is 12.9. The third-order valence-electron chi connectivity index (χ3n) is 12.5. The summed E-state index contributed by atoms with van der Waals surface area (Å²) in [5.74, 6) is -0.961. The van der Waals surface area contributed by atoms with E-state index in [1.807, 2.05) is 0 Å². The second-order valence-corrected chi connectivity index (χ2v) is 19.5. The summed E-state index contributed by atoms with van der Waals surface area (Å²) in [4.78, 5) is 38.2. The second-order valence-electron chi connectivity index (χ2n) is 19.5. The van der Waals surface area contributed by atoms with Gasteiger partial charge in [0, 0.05) is 19.3 Å². The van der Waals surface area contributed by atoms with Crippen LogP contribution in [0.25, 0.3) is 0 Å². The van der Waals surface area contributed by atoms with Gasteiger partial charge in [0.05, 0.1) is 0 Å². The van der Waals surface area contributed by atoms with E-state index in [4.69, 9.17) is 14.2 Å². The monoisotopic (exact) mass is 999 g/mol. The highest BCUT2D eigenvalue weighted by Crippen LogP contribution is 2.14. The van der Waals surface area contributed by atoms with Crippen molar-refractivity contribution in [3.05, 3.63) is 109 Å². The molecule has 0 aliphatic heterocycles. The number of allylic oxidation sites excluding steroid dienone is 18. The Morgan fingerprint density at radius 2 is 0.542 bits per heavy atom. The molecule has 0 N–H and O–H groups in total. The van der Waals surface area contributed by atoms with E-state index in [0.29, 0.717) is 25.7 Å². The standard InChI is InChI=1S/C66H110O6/c1-4-7-10-13-16-19-22-25-28-31-32-33-34-36-38-41-44-47-50-53-56-59-65(68)71-62-63(61-70-64(67)58-55-52-49-46-43-40-37-30-27-24-21-18-15-12-9-6-3)72-66(69)60-57-54-51-48-45-42-39-35-29-26-23-20-17-14-11-8-5-2/h7,10,16,19,21,24-26,28-30,32-33,36-38,44,47,63H,4-6,8-9,11-15,17-18,20,22-23,27,31,34-35,39-43,45-46,48-62H2,1-3H3/b10-7-,19-16-,24-21-,28-25-,29-26-,33-32-,37-30-,38-36-,47-44-. The third-order valence-corrected chi connectivity index (χ3v) is 12.5. The molecule has 0 saturated carbocycles. The van der Waals surface area contributed by atoms with Crippen molar-refractivity contribution in [1.29, 1.82) is 0 Å². The van der Waals surface area contributed by atoms with Gasteiger partial charge in [0.2, 0.25) is 0 Å². The Balaban J connectivity index is 4.50. The number of ether oxygens (including phenoxy) is 3. The first kappa shape index (κ1) is 68.1. The quantitative estimate of drug-likeness (QED) is 0.0261. The lowest BCUT2D eigenvalue weighted by atomic mass is 10.1. The highest BCUT2D eigenvalue weighted by molar-refractivity contribution is 5.71. The van der Waals surface area contributed by atoms with Gasteiger partial charge in [-0.25, -0.2) is 0 Å². The molecule has 0 aliphatic carbocycles. The molecule has 0 radical (unpaired) electrons. The van der Waals surface area contributed by atoms with Crippen LogP contribution in [0.2, 0.25) is 0 Å². The van der Waals surface area contributed by atoms with Crippen LogP contribution >= 0.6 is 0 Å². The Morgan fingerprint density at radius 3 is 0.903 bits per heavy atom. The number of esters is 3. The molecule has 72 heavy (non-hydrogen) atoms. The van der Waals surface area contributed by atoms with Crippen molar-refractivity contribution in [2.45, 2.75) is 277 Å². The lowest BCUT2D eigenvalue weighted by molar-refractivity contribution is -0.167. The third kappa shape index (κ3) is 57.0. The highest BCUT2D eigenvalue weighted by Gasteiger charge is 2.19. The average molecular weight is 1000 g/mol. The fourth-order valence-electron chi connectivity index (χ4n) is 8.00. The van der Waals surface area contributed by atoms with Crippen LogP contribution < -0.4 is 0 Å². The SMILES string of the molecule is CC/C=C\C/C=C\C/C=C\C/C=C\C/C=C\C/C=C\CCCCC(=O)OCC(COC(=O)CCCCCCC/C=C\C/C=C\CCCCCC)OC(=O)CCCCCCCCC/C=C\CCCCCCCC. The molecule has 0 aromatic rings. The lowest BCUT2D eigenvalue weighted by Gasteiger charge is -2.18. The zero-order valence-corrected chi connectivity index (χ0v) is 46.9. The molecule has 1 atom stereocenters. The van der Waals surface area contributed by atoms with E-state index in [9.17, 15) is 14.4 Å². The smallest absolute Gasteiger partial charge is 0.306 e. The van der Waals surface area contributed by atoms with Gasteiger partial charge >= 0.3 is 17.9 Å². The first-order valence-electron chi connectivity index (χ1n) is 29.9. The summed E-state index contributed by atoms with van der Waals surface area (Å²) in [6.45, 7) is 6.46. The minimum atomic E-state index is -0.807. The second kappa shape index (κ2) is 59.6. The fraction of sp³-hybridized carbons (Fsp3) is 0.682. The van der Waals surface area contributed by atoms with E-state index in [1.165, 1.54) is 109 Å². The van der Waals surface area contributed by atoms with Gasteiger partial charge in [0.25, 0.3) is 0 Å². The molecule has 6 heteroatoms. The molecular weight excluding hydrogens is 889 g/mol. The van der Waals surface area contributed by atoms with Crippen molar-refractivity contribution in [2.75, 3.05) is 13.2 Å². The van der Waals surface area contributed by atoms with Crippen molar-refractivity contribution in [3.8, 4) is 0 Å². The summed E-state index contributed by atoms with van der Waals surface area (Å²) in [5.41, 5.74) is 0. The Labute approximate surface area is 444 Å². The summed E-state index contributed by atoms with van der Waals surface area (Å²) in [5, 5.41) is 0. The Hall–Kier alpha value is -3.93. The van der Waals surface area contributed by atoms with Crippen LogP contribution in [0.3, 0.4) is 0 Å². The van der Waals surface area contributed by atoms with Crippen LogP contribution in [0, 0.1) is 0 Å². The van der Waals surface area contributed by atoms with Crippen LogP contribution in [0.4, 0.5) is 0 Å². The molecule has 0 aromatic carbocycles. The minimum absolute atomic E-state index is 0.102. The number of carbonyl (C=O) groups is 3. The van der Waals surface area contributed by atoms with E-state index in [-0.39, 0.29) is 31.1 Å². The van der Waals surface area contributed by atoms with Gasteiger partial charge in [-0.05, 0) is 128 Å². The van der Waals surface area contributed by atoms with Crippen LogP contribution in [0.5, 0.6) is 0 Å². The topological polar surface area (TPSA) is 78.9 Å². The predicted octanol–water partition coefficient (Wildman–Crippen LogP) is 20.3. The maximum atomic E-state index is 12.9. The Morgan fingerprint density at radius 1 is 0.292 bits per heavy atom. The van der Waals surface area contributed by atoms with Crippen molar-refractivity contribution in [3.63, 3.8) is 0 Å². The van der Waals surface area contributed by atoms with Crippen LogP contribution in [-0.2, 0) is 28.6 Å². The zero-order valence-electron chi connectivity index (χ0n) is 46.9. The number of unbranched alkanes of at least 4 members (excludes halogenated alkanes) is 24. The van der Waals surface area contributed by atoms with Crippen molar-refractivity contribution in [1.82, 2.24) is 0 Å². The van der Waals surface area contributed by atoms with Gasteiger partial charge in [0.1, 0.15) is 13.2 Å². The van der Waals surface area contributed by atoms with E-state index in [2.05, 4.69) is 130 Å². The molecule has 0 saturated heterocycles. The molecule has 1 unspecified atom stereocenters. The molecule has 0 heterocycles. The van der Waals surface area contributed by atoms with Crippen molar-refractivity contribution >= 4 is 17.9 Å². The van der Waals surface area contributed by atoms with Crippen LogP contribution in [0.15, 0.2) is 109 Å². The Bertz CT molecular complexity index is 1470. The summed E-state index contributed by atoms with van der Waals surface area (Å²) in [7, 11) is 0. The molecule has 0 rings (SSSR count). The molecular formula is C66H110O6. The molecule has 0 aliphatic rings. The normalized spacial score (nSPS) is 12.9. The molecule has 0 fully saturated rings. The van der Waals surface area contributed by atoms with Crippen molar-refractivity contribution in [2.24, 2.45) is 0 Å². The summed E-state index contributed by atoms with van der Waals surface area (Å²) in [6, 6.07) is 0. The summed E-state index contributed by atoms with van der Waals surface area (Å²) < 4.78 is 16.8. The van der Waals surface area contributed by atoms with E-state index < -0.39 is 6.10 Å². The molecule has 0 aromatic heterocycles. The van der Waals surface area contributed by atoms with E-state index in [0.717, 1.165) is 116 Å².